The molecule has 3 aromatic rings. The summed E-state index contributed by atoms with van der Waals surface area (Å²) in [6.07, 6.45) is 0.272. The van der Waals surface area contributed by atoms with Crippen LogP contribution in [0.2, 0.25) is 5.02 Å². The maximum absolute atomic E-state index is 14.9. The van der Waals surface area contributed by atoms with Gasteiger partial charge < -0.3 is 10.0 Å². The average molecular weight is 462 g/mol. The summed E-state index contributed by atoms with van der Waals surface area (Å²) < 4.78 is 39.1. The number of aromatic amines is 1. The van der Waals surface area contributed by atoms with Gasteiger partial charge in [0.05, 0.1) is 17.5 Å². The lowest BCUT2D eigenvalue weighted by molar-refractivity contribution is 0.0675. The maximum atomic E-state index is 14.9. The minimum absolute atomic E-state index is 0.0282. The summed E-state index contributed by atoms with van der Waals surface area (Å²) in [5.41, 5.74) is 1.31. The second-order valence-electron chi connectivity index (χ2n) is 7.72. The Hall–Kier alpha value is -2.91. The topological polar surface area (TPSA) is 103 Å². The van der Waals surface area contributed by atoms with Gasteiger partial charge in [-0.3, -0.25) is 9.89 Å². The normalized spacial score (nSPS) is 22.1. The Morgan fingerprint density at radius 2 is 2.00 bits per heavy atom. The number of nitrogens with one attached hydrogen (secondary N) is 1. The summed E-state index contributed by atoms with van der Waals surface area (Å²) in [5, 5.41) is 17.7. The first-order valence-electron chi connectivity index (χ1n) is 9.61. The number of phenolic OH excluding ortho intramolecular Hbond substituents is 1. The number of nitrogens with zero attached hydrogens (tertiary/aromatic N) is 2. The molecule has 0 aliphatic carbocycles. The Morgan fingerprint density at radius 3 is 2.71 bits per heavy atom. The first-order chi connectivity index (χ1) is 14.8. The van der Waals surface area contributed by atoms with Crippen molar-refractivity contribution in [2.75, 3.05) is 11.5 Å². The predicted molar refractivity (Wildman–Crippen MR) is 112 cm³/mol. The Bertz CT molecular complexity index is 1320. The molecule has 7 nitrogen and oxygen atoms in total. The van der Waals surface area contributed by atoms with Gasteiger partial charge in [0.25, 0.3) is 5.91 Å². The fourth-order valence-electron chi connectivity index (χ4n) is 4.44. The summed E-state index contributed by atoms with van der Waals surface area (Å²) in [6, 6.07) is 9.00. The number of carbonyl (C=O) groups is 1. The Labute approximate surface area is 182 Å². The fraction of sp³-hybridized carbons (Fsp3) is 0.238. The molecule has 0 saturated carbocycles. The first kappa shape index (κ1) is 20.0. The summed E-state index contributed by atoms with van der Waals surface area (Å²) >= 11 is 6.10. The van der Waals surface area contributed by atoms with Crippen molar-refractivity contribution in [1.82, 2.24) is 15.1 Å². The zero-order valence-corrected chi connectivity index (χ0v) is 17.6. The van der Waals surface area contributed by atoms with Crippen LogP contribution in [0, 0.1) is 5.82 Å². The van der Waals surface area contributed by atoms with Crippen molar-refractivity contribution < 1.29 is 22.7 Å². The van der Waals surface area contributed by atoms with Gasteiger partial charge in [-0.2, -0.15) is 5.10 Å². The highest BCUT2D eigenvalue weighted by Gasteiger charge is 2.48. The number of benzene rings is 2. The molecule has 1 saturated heterocycles. The standard InChI is InChI=1S/C21H17ClFN3O4S/c22-11-5-6-16(27)14(9-11)18-17-19(25-24-18)21(28)26(12-7-8-31(29,30)10-12)20(17)13-3-1-2-4-15(13)23/h1-6,9,12,20,27H,7-8,10H2,(H,24,25). The quantitative estimate of drug-likeness (QED) is 0.622. The molecule has 5 rings (SSSR count). The van der Waals surface area contributed by atoms with Gasteiger partial charge in [-0.05, 0) is 30.7 Å². The molecule has 0 bridgehead atoms. The minimum atomic E-state index is -3.29. The zero-order chi connectivity index (χ0) is 21.9. The Kier molecular flexibility index (Phi) is 4.56. The van der Waals surface area contributed by atoms with Gasteiger partial charge in [0.15, 0.2) is 9.84 Å². The molecule has 1 aromatic heterocycles. The minimum Gasteiger partial charge on any atom is -0.507 e. The van der Waals surface area contributed by atoms with Gasteiger partial charge in [-0.15, -0.1) is 0 Å². The number of sulfone groups is 1. The number of hydrogen-bond acceptors (Lipinski definition) is 5. The van der Waals surface area contributed by atoms with E-state index in [2.05, 4.69) is 10.2 Å². The molecule has 1 fully saturated rings. The van der Waals surface area contributed by atoms with Crippen LogP contribution >= 0.6 is 11.6 Å². The van der Waals surface area contributed by atoms with E-state index in [-0.39, 0.29) is 40.6 Å². The van der Waals surface area contributed by atoms with E-state index in [1.807, 2.05) is 0 Å². The van der Waals surface area contributed by atoms with Gasteiger partial charge in [0.2, 0.25) is 0 Å². The molecule has 2 aromatic carbocycles. The molecule has 2 atom stereocenters. The van der Waals surface area contributed by atoms with Crippen LogP contribution in [0.3, 0.4) is 0 Å². The lowest BCUT2D eigenvalue weighted by Crippen LogP contribution is -2.40. The van der Waals surface area contributed by atoms with E-state index in [4.69, 9.17) is 11.6 Å². The monoisotopic (exact) mass is 461 g/mol. The number of amides is 1. The number of fused-ring (bicyclic) bond motifs is 1. The van der Waals surface area contributed by atoms with Crippen molar-refractivity contribution in [3.8, 4) is 17.0 Å². The number of carbonyl (C=O) groups excluding carboxylic acids is 1. The summed E-state index contributed by atoms with van der Waals surface area (Å²) in [6.45, 7) is 0. The summed E-state index contributed by atoms with van der Waals surface area (Å²) in [7, 11) is -3.29. The van der Waals surface area contributed by atoms with Crippen LogP contribution in [0.25, 0.3) is 11.3 Å². The van der Waals surface area contributed by atoms with Gasteiger partial charge in [-0.1, -0.05) is 29.8 Å². The van der Waals surface area contributed by atoms with E-state index >= 15 is 0 Å². The smallest absolute Gasteiger partial charge is 0.273 e. The van der Waals surface area contributed by atoms with Crippen LogP contribution in [0.4, 0.5) is 4.39 Å². The van der Waals surface area contributed by atoms with Crippen molar-refractivity contribution in [2.45, 2.75) is 18.5 Å². The molecule has 2 N–H and O–H groups in total. The zero-order valence-electron chi connectivity index (χ0n) is 16.0. The van der Waals surface area contributed by atoms with Crippen LogP contribution in [0.5, 0.6) is 5.75 Å². The van der Waals surface area contributed by atoms with Crippen molar-refractivity contribution in [1.29, 1.82) is 0 Å². The third-order valence-electron chi connectivity index (χ3n) is 5.82. The van der Waals surface area contributed by atoms with E-state index in [9.17, 15) is 22.7 Å². The van der Waals surface area contributed by atoms with Crippen molar-refractivity contribution in [3.05, 3.63) is 70.1 Å². The number of rotatable bonds is 3. The molecule has 10 heteroatoms. The van der Waals surface area contributed by atoms with E-state index in [1.165, 1.54) is 29.2 Å². The molecule has 2 aliphatic heterocycles. The SMILES string of the molecule is O=C1c2[nH]nc(-c3cc(Cl)ccc3O)c2C(c2ccccc2F)N1C1CCS(=O)(=O)C1. The highest BCUT2D eigenvalue weighted by Crippen LogP contribution is 2.47. The predicted octanol–water partition coefficient (Wildman–Crippen LogP) is 3.31. The number of hydrogen-bond donors (Lipinski definition) is 2. The largest absolute Gasteiger partial charge is 0.507 e. The molecule has 160 valence electrons. The molecule has 1 amide bonds. The fourth-order valence-corrected chi connectivity index (χ4v) is 6.33. The Balaban J connectivity index is 1.73. The van der Waals surface area contributed by atoms with E-state index in [0.717, 1.165) is 0 Å². The van der Waals surface area contributed by atoms with Crippen LogP contribution in [0.15, 0.2) is 42.5 Å². The second-order valence-corrected chi connectivity index (χ2v) is 10.4. The number of aromatic hydroxyl groups is 1. The number of halogens is 2. The van der Waals surface area contributed by atoms with Gasteiger partial charge in [-0.25, -0.2) is 12.8 Å². The second kappa shape index (κ2) is 7.06. The molecular weight excluding hydrogens is 445 g/mol. The molecule has 0 radical (unpaired) electrons. The maximum Gasteiger partial charge on any atom is 0.273 e. The highest BCUT2D eigenvalue weighted by molar-refractivity contribution is 7.91. The van der Waals surface area contributed by atoms with Gasteiger partial charge in [0.1, 0.15) is 23.0 Å². The molecule has 3 heterocycles. The van der Waals surface area contributed by atoms with Crippen LogP contribution in [-0.2, 0) is 9.84 Å². The number of aromatic nitrogens is 2. The van der Waals surface area contributed by atoms with E-state index in [0.29, 0.717) is 16.1 Å². The third-order valence-corrected chi connectivity index (χ3v) is 7.80. The Morgan fingerprint density at radius 1 is 1.23 bits per heavy atom. The van der Waals surface area contributed by atoms with E-state index < -0.39 is 33.6 Å². The summed E-state index contributed by atoms with van der Waals surface area (Å²) in [4.78, 5) is 14.8. The lowest BCUT2D eigenvalue weighted by atomic mass is 9.94. The summed E-state index contributed by atoms with van der Waals surface area (Å²) in [5.74, 6) is -1.29. The van der Waals surface area contributed by atoms with Crippen molar-refractivity contribution in [2.24, 2.45) is 0 Å². The number of phenols is 1. The van der Waals surface area contributed by atoms with Crippen molar-refractivity contribution in [3.63, 3.8) is 0 Å². The van der Waals surface area contributed by atoms with Crippen LogP contribution in [-0.4, -0.2) is 52.1 Å². The molecule has 2 unspecified atom stereocenters. The molecule has 31 heavy (non-hydrogen) atoms. The van der Waals surface area contributed by atoms with Crippen LogP contribution in [0.1, 0.15) is 34.1 Å². The van der Waals surface area contributed by atoms with E-state index in [1.54, 1.807) is 18.2 Å². The average Bonchev–Trinajstić information content (AvgIpc) is 3.38. The molecule has 0 spiro atoms. The number of H-pyrrole nitrogens is 1. The van der Waals surface area contributed by atoms with Gasteiger partial charge >= 0.3 is 0 Å². The highest BCUT2D eigenvalue weighted by atomic mass is 35.5. The van der Waals surface area contributed by atoms with Crippen molar-refractivity contribution >= 4 is 27.3 Å². The van der Waals surface area contributed by atoms with Gasteiger partial charge in [0, 0.05) is 27.8 Å². The first-order valence-corrected chi connectivity index (χ1v) is 11.8. The third kappa shape index (κ3) is 3.19. The molecular formula is C21H17ClFN3O4S. The lowest BCUT2D eigenvalue weighted by Gasteiger charge is -2.31. The molecule has 2 aliphatic rings. The van der Waals surface area contributed by atoms with Crippen LogP contribution < -0.4 is 0 Å².